The number of aryl methyl sites for hydroxylation is 1. The number of benzene rings is 2. The van der Waals surface area contributed by atoms with Crippen LogP contribution >= 0.6 is 0 Å². The lowest BCUT2D eigenvalue weighted by atomic mass is 10.1. The van der Waals surface area contributed by atoms with Gasteiger partial charge in [0.1, 0.15) is 11.4 Å². The molecule has 0 aliphatic rings. The van der Waals surface area contributed by atoms with Crippen LogP contribution in [0.3, 0.4) is 0 Å². The molecule has 5 rings (SSSR count). The predicted octanol–water partition coefficient (Wildman–Crippen LogP) is 3.68. The smallest absolute Gasteiger partial charge is 0.143 e. The van der Waals surface area contributed by atoms with Gasteiger partial charge in [-0.3, -0.25) is 0 Å². The van der Waals surface area contributed by atoms with E-state index in [-0.39, 0.29) is 0 Å². The van der Waals surface area contributed by atoms with Crippen molar-refractivity contribution in [2.45, 2.75) is 13.5 Å². The Kier molecular flexibility index (Phi) is 4.80. The molecule has 0 aliphatic heterocycles. The lowest BCUT2D eigenvalue weighted by molar-refractivity contribution is 0.413. The molecule has 0 atom stereocenters. The Morgan fingerprint density at radius 2 is 1.90 bits per heavy atom. The average Bonchev–Trinajstić information content (AvgIpc) is 3.56. The molecule has 0 fully saturated rings. The molecule has 31 heavy (non-hydrogen) atoms. The van der Waals surface area contributed by atoms with E-state index in [9.17, 15) is 0 Å². The molecule has 0 saturated heterocycles. The minimum absolute atomic E-state index is 0.590. The van der Waals surface area contributed by atoms with Crippen molar-refractivity contribution in [2.24, 2.45) is 0 Å². The number of para-hydroxylation sites is 1. The summed E-state index contributed by atoms with van der Waals surface area (Å²) in [6.07, 6.45) is 9.38. The third-order valence-electron chi connectivity index (χ3n) is 5.08. The van der Waals surface area contributed by atoms with Gasteiger partial charge in [-0.25, -0.2) is 14.3 Å². The van der Waals surface area contributed by atoms with Crippen molar-refractivity contribution >= 4 is 0 Å². The van der Waals surface area contributed by atoms with Crippen molar-refractivity contribution in [3.8, 4) is 28.4 Å². The molecule has 5 aromatic rings. The van der Waals surface area contributed by atoms with Crippen LogP contribution in [0.25, 0.3) is 22.6 Å². The monoisotopic (exact) mass is 411 g/mol. The fraction of sp³-hybridized carbons (Fsp3) is 0.130. The molecule has 0 saturated carbocycles. The maximum Gasteiger partial charge on any atom is 0.143 e. The first-order chi connectivity index (χ1) is 15.2. The SMILES string of the molecule is COc1cc(-c2cn(Cc3ccccc3-n3cccn3)nn2)ccc1-n1cnc(C)c1. The largest absolute Gasteiger partial charge is 0.495 e. The van der Waals surface area contributed by atoms with Crippen molar-refractivity contribution < 1.29 is 4.74 Å². The molecular weight excluding hydrogens is 390 g/mol. The highest BCUT2D eigenvalue weighted by atomic mass is 16.5. The number of hydrogen-bond donors (Lipinski definition) is 0. The molecule has 0 amide bonds. The third kappa shape index (κ3) is 3.71. The molecule has 2 aromatic carbocycles. The van der Waals surface area contributed by atoms with Gasteiger partial charge in [0, 0.05) is 24.2 Å². The highest BCUT2D eigenvalue weighted by Crippen LogP contribution is 2.29. The second kappa shape index (κ2) is 7.91. The highest BCUT2D eigenvalue weighted by molar-refractivity contribution is 5.64. The second-order valence-corrected chi connectivity index (χ2v) is 7.19. The molecule has 8 heteroatoms. The standard InChI is InChI=1S/C23H21N7O/c1-17-13-28(16-24-17)22-9-8-18(12-23(22)31-2)20-15-29(27-26-20)14-19-6-3-4-7-21(19)30-11-5-10-25-30/h3-13,15-16H,14H2,1-2H3. The summed E-state index contributed by atoms with van der Waals surface area (Å²) in [7, 11) is 1.66. The molecule has 0 N–H and O–H groups in total. The number of imidazole rings is 1. The number of nitrogens with zero attached hydrogens (tertiary/aromatic N) is 7. The zero-order valence-electron chi connectivity index (χ0n) is 17.3. The van der Waals surface area contributed by atoms with Crippen molar-refractivity contribution in [1.29, 1.82) is 0 Å². The summed E-state index contributed by atoms with van der Waals surface area (Å²) in [5, 5.41) is 13.0. The van der Waals surface area contributed by atoms with E-state index < -0.39 is 0 Å². The first-order valence-electron chi connectivity index (χ1n) is 9.89. The van der Waals surface area contributed by atoms with Gasteiger partial charge >= 0.3 is 0 Å². The van der Waals surface area contributed by atoms with Crippen molar-refractivity contribution in [1.82, 2.24) is 34.3 Å². The molecule has 3 aromatic heterocycles. The third-order valence-corrected chi connectivity index (χ3v) is 5.08. The van der Waals surface area contributed by atoms with Gasteiger partial charge in [0.2, 0.25) is 0 Å². The van der Waals surface area contributed by atoms with Crippen LogP contribution in [-0.4, -0.2) is 41.4 Å². The van der Waals surface area contributed by atoms with Crippen LogP contribution in [0.5, 0.6) is 5.75 Å². The van der Waals surface area contributed by atoms with Crippen LogP contribution in [0.1, 0.15) is 11.3 Å². The zero-order chi connectivity index (χ0) is 21.2. The van der Waals surface area contributed by atoms with Crippen LogP contribution < -0.4 is 4.74 Å². The molecule has 154 valence electrons. The fourth-order valence-electron chi connectivity index (χ4n) is 3.57. The Morgan fingerprint density at radius 3 is 2.68 bits per heavy atom. The lowest BCUT2D eigenvalue weighted by Crippen LogP contribution is -2.06. The first kappa shape index (κ1) is 18.8. The molecule has 8 nitrogen and oxygen atoms in total. The van der Waals surface area contributed by atoms with E-state index >= 15 is 0 Å². The Morgan fingerprint density at radius 1 is 1.00 bits per heavy atom. The molecule has 0 unspecified atom stereocenters. The topological polar surface area (TPSA) is 75.6 Å². The predicted molar refractivity (Wildman–Crippen MR) is 117 cm³/mol. The maximum absolute atomic E-state index is 5.62. The molecule has 0 bridgehead atoms. The summed E-state index contributed by atoms with van der Waals surface area (Å²) in [4.78, 5) is 4.29. The van der Waals surface area contributed by atoms with Crippen LogP contribution in [0.15, 0.2) is 79.6 Å². The minimum Gasteiger partial charge on any atom is -0.495 e. The van der Waals surface area contributed by atoms with Crippen molar-refractivity contribution in [3.63, 3.8) is 0 Å². The normalized spacial score (nSPS) is 11.0. The number of rotatable bonds is 6. The van der Waals surface area contributed by atoms with Crippen LogP contribution in [-0.2, 0) is 6.54 Å². The van der Waals surface area contributed by atoms with E-state index in [1.165, 1.54) is 0 Å². The first-order valence-corrected chi connectivity index (χ1v) is 9.89. The number of hydrogen-bond acceptors (Lipinski definition) is 5. The summed E-state index contributed by atoms with van der Waals surface area (Å²) in [6, 6.07) is 16.0. The Bertz CT molecular complexity index is 1320. The highest BCUT2D eigenvalue weighted by Gasteiger charge is 2.12. The van der Waals surface area contributed by atoms with Crippen molar-refractivity contribution in [3.05, 3.63) is 90.9 Å². The van der Waals surface area contributed by atoms with Gasteiger partial charge in [0.05, 0.1) is 43.2 Å². The minimum atomic E-state index is 0.590. The van der Waals surface area contributed by atoms with Gasteiger partial charge in [-0.15, -0.1) is 5.10 Å². The van der Waals surface area contributed by atoms with Crippen LogP contribution in [0, 0.1) is 6.92 Å². The number of methoxy groups -OCH3 is 1. The average molecular weight is 411 g/mol. The van der Waals surface area contributed by atoms with Gasteiger partial charge in [-0.05, 0) is 36.8 Å². The molecule has 0 aliphatic carbocycles. The van der Waals surface area contributed by atoms with E-state index in [1.807, 2.05) is 81.9 Å². The second-order valence-electron chi connectivity index (χ2n) is 7.19. The summed E-state index contributed by atoms with van der Waals surface area (Å²) in [5.74, 6) is 0.744. The molecular formula is C23H21N7O. The van der Waals surface area contributed by atoms with E-state index in [0.717, 1.165) is 39.6 Å². The maximum atomic E-state index is 5.62. The van der Waals surface area contributed by atoms with Crippen LogP contribution in [0.2, 0.25) is 0 Å². The fourth-order valence-corrected chi connectivity index (χ4v) is 3.57. The quantitative estimate of drug-likeness (QED) is 0.426. The van der Waals surface area contributed by atoms with Crippen molar-refractivity contribution in [2.75, 3.05) is 7.11 Å². The molecule has 0 spiro atoms. The summed E-state index contributed by atoms with van der Waals surface area (Å²) < 4.78 is 11.2. The summed E-state index contributed by atoms with van der Waals surface area (Å²) in [6.45, 7) is 2.55. The zero-order valence-corrected chi connectivity index (χ0v) is 17.3. The van der Waals surface area contributed by atoms with E-state index in [1.54, 1.807) is 19.6 Å². The lowest BCUT2D eigenvalue weighted by Gasteiger charge is -2.10. The van der Waals surface area contributed by atoms with Gasteiger partial charge in [-0.1, -0.05) is 29.5 Å². The summed E-state index contributed by atoms with van der Waals surface area (Å²) >= 11 is 0. The Hall–Kier alpha value is -4.20. The molecule has 3 heterocycles. The number of aromatic nitrogens is 7. The summed E-state index contributed by atoms with van der Waals surface area (Å²) in [5.41, 5.74) is 5.71. The van der Waals surface area contributed by atoms with Gasteiger partial charge < -0.3 is 9.30 Å². The van der Waals surface area contributed by atoms with Crippen LogP contribution in [0.4, 0.5) is 0 Å². The molecule has 0 radical (unpaired) electrons. The Balaban J connectivity index is 1.43. The van der Waals surface area contributed by atoms with E-state index in [2.05, 4.69) is 26.5 Å². The van der Waals surface area contributed by atoms with Gasteiger partial charge in [0.25, 0.3) is 0 Å². The Labute approximate surface area is 179 Å². The van der Waals surface area contributed by atoms with Gasteiger partial charge in [-0.2, -0.15) is 5.10 Å². The number of ether oxygens (including phenoxy) is 1. The van der Waals surface area contributed by atoms with Gasteiger partial charge in [0.15, 0.2) is 0 Å². The van der Waals surface area contributed by atoms with E-state index in [4.69, 9.17) is 4.74 Å². The van der Waals surface area contributed by atoms with E-state index in [0.29, 0.717) is 6.54 Å².